The summed E-state index contributed by atoms with van der Waals surface area (Å²) in [5.41, 5.74) is 4.35. The van der Waals surface area contributed by atoms with E-state index in [1.165, 1.54) is 12.1 Å². The third kappa shape index (κ3) is 5.28. The van der Waals surface area contributed by atoms with Crippen molar-refractivity contribution in [1.82, 2.24) is 4.98 Å². The first-order valence-corrected chi connectivity index (χ1v) is 11.1. The number of carbonyl (C=O) groups is 1. The highest BCUT2D eigenvalue weighted by Gasteiger charge is 2.09. The van der Waals surface area contributed by atoms with Crippen molar-refractivity contribution in [2.24, 2.45) is 0 Å². The Morgan fingerprint density at radius 3 is 2.49 bits per heavy atom. The Morgan fingerprint density at radius 2 is 1.66 bits per heavy atom. The van der Waals surface area contributed by atoms with Gasteiger partial charge in [0.2, 0.25) is 0 Å². The molecule has 6 heteroatoms. The number of hydrogen-bond acceptors (Lipinski definition) is 4. The molecule has 1 amide bonds. The molecule has 172 valence electrons. The standard InChI is InChI=1S/C29H22FN3O2/c1-19-4-2-7-25(16-19)35-24-11-9-22(10-12-24)33-29(34)20-5-3-6-23(17-20)32-28-14-15-31-27-13-8-21(30)18-26(27)28/h2-18H,1H3,(H,31,32)(H,33,34). The number of nitrogens with one attached hydrogen (secondary N) is 2. The smallest absolute Gasteiger partial charge is 0.255 e. The van der Waals surface area contributed by atoms with Gasteiger partial charge in [0, 0.05) is 34.2 Å². The predicted octanol–water partition coefficient (Wildman–Crippen LogP) is 7.47. The van der Waals surface area contributed by atoms with Gasteiger partial charge in [-0.05, 0) is 91.3 Å². The van der Waals surface area contributed by atoms with Gasteiger partial charge in [0.1, 0.15) is 17.3 Å². The van der Waals surface area contributed by atoms with E-state index in [2.05, 4.69) is 15.6 Å². The molecule has 5 aromatic rings. The van der Waals surface area contributed by atoms with Crippen LogP contribution in [0.2, 0.25) is 0 Å². The Morgan fingerprint density at radius 1 is 0.829 bits per heavy atom. The maximum absolute atomic E-state index is 13.8. The highest BCUT2D eigenvalue weighted by molar-refractivity contribution is 6.05. The zero-order valence-corrected chi connectivity index (χ0v) is 19.0. The molecule has 0 atom stereocenters. The summed E-state index contributed by atoms with van der Waals surface area (Å²) in [4.78, 5) is 17.1. The number of amides is 1. The highest BCUT2D eigenvalue weighted by Crippen LogP contribution is 2.27. The topological polar surface area (TPSA) is 63.2 Å². The van der Waals surface area contributed by atoms with E-state index in [0.29, 0.717) is 39.3 Å². The lowest BCUT2D eigenvalue weighted by atomic mass is 10.1. The van der Waals surface area contributed by atoms with Gasteiger partial charge in [0.15, 0.2) is 0 Å². The van der Waals surface area contributed by atoms with E-state index < -0.39 is 0 Å². The average Bonchev–Trinajstić information content (AvgIpc) is 2.86. The van der Waals surface area contributed by atoms with E-state index in [9.17, 15) is 9.18 Å². The number of carbonyl (C=O) groups excluding carboxylic acids is 1. The van der Waals surface area contributed by atoms with Gasteiger partial charge in [0.05, 0.1) is 5.52 Å². The number of hydrogen-bond donors (Lipinski definition) is 2. The molecule has 0 radical (unpaired) electrons. The molecule has 2 N–H and O–H groups in total. The van der Waals surface area contributed by atoms with E-state index in [-0.39, 0.29) is 11.7 Å². The van der Waals surface area contributed by atoms with Gasteiger partial charge < -0.3 is 15.4 Å². The number of aryl methyl sites for hydroxylation is 1. The van der Waals surface area contributed by atoms with Gasteiger partial charge >= 0.3 is 0 Å². The van der Waals surface area contributed by atoms with Crippen molar-refractivity contribution in [3.05, 3.63) is 120 Å². The number of benzene rings is 4. The highest BCUT2D eigenvalue weighted by atomic mass is 19.1. The van der Waals surface area contributed by atoms with Crippen molar-refractivity contribution < 1.29 is 13.9 Å². The Balaban J connectivity index is 1.28. The molecule has 0 aliphatic rings. The monoisotopic (exact) mass is 463 g/mol. The number of rotatable bonds is 6. The van der Waals surface area contributed by atoms with Crippen LogP contribution in [-0.2, 0) is 0 Å². The fraction of sp³-hybridized carbons (Fsp3) is 0.0345. The van der Waals surface area contributed by atoms with Crippen LogP contribution in [-0.4, -0.2) is 10.9 Å². The molecular formula is C29H22FN3O2. The van der Waals surface area contributed by atoms with Crippen LogP contribution < -0.4 is 15.4 Å². The zero-order valence-electron chi connectivity index (χ0n) is 19.0. The summed E-state index contributed by atoms with van der Waals surface area (Å²) in [5, 5.41) is 6.83. The van der Waals surface area contributed by atoms with Gasteiger partial charge in [-0.2, -0.15) is 0 Å². The van der Waals surface area contributed by atoms with E-state index in [0.717, 1.165) is 11.3 Å². The van der Waals surface area contributed by atoms with Crippen molar-refractivity contribution in [2.75, 3.05) is 10.6 Å². The van der Waals surface area contributed by atoms with Crippen LogP contribution in [0.5, 0.6) is 11.5 Å². The first-order valence-electron chi connectivity index (χ1n) is 11.1. The lowest BCUT2D eigenvalue weighted by Gasteiger charge is -2.12. The molecular weight excluding hydrogens is 441 g/mol. The number of ether oxygens (including phenoxy) is 1. The second-order valence-corrected chi connectivity index (χ2v) is 8.12. The first kappa shape index (κ1) is 22.1. The molecule has 5 nitrogen and oxygen atoms in total. The molecule has 0 aliphatic carbocycles. The van der Waals surface area contributed by atoms with Crippen molar-refractivity contribution in [3.63, 3.8) is 0 Å². The summed E-state index contributed by atoms with van der Waals surface area (Å²) < 4.78 is 19.6. The largest absolute Gasteiger partial charge is 0.457 e. The van der Waals surface area contributed by atoms with Crippen molar-refractivity contribution in [3.8, 4) is 11.5 Å². The minimum atomic E-state index is -0.336. The van der Waals surface area contributed by atoms with Crippen molar-refractivity contribution in [1.29, 1.82) is 0 Å². The van der Waals surface area contributed by atoms with Crippen LogP contribution in [0.25, 0.3) is 10.9 Å². The van der Waals surface area contributed by atoms with Gasteiger partial charge in [-0.25, -0.2) is 4.39 Å². The van der Waals surface area contributed by atoms with Crippen LogP contribution >= 0.6 is 0 Å². The molecule has 0 fully saturated rings. The van der Waals surface area contributed by atoms with Crippen LogP contribution in [0.4, 0.5) is 21.5 Å². The predicted molar refractivity (Wildman–Crippen MR) is 137 cm³/mol. The fourth-order valence-electron chi connectivity index (χ4n) is 3.75. The Labute approximate surface area is 202 Å². The van der Waals surface area contributed by atoms with Crippen LogP contribution in [0.1, 0.15) is 15.9 Å². The third-order valence-corrected chi connectivity index (χ3v) is 5.44. The fourth-order valence-corrected chi connectivity index (χ4v) is 3.75. The van der Waals surface area contributed by atoms with Crippen LogP contribution in [0.15, 0.2) is 103 Å². The molecule has 0 saturated carbocycles. The molecule has 0 saturated heterocycles. The molecule has 35 heavy (non-hydrogen) atoms. The second kappa shape index (κ2) is 9.65. The molecule has 5 rings (SSSR count). The first-order chi connectivity index (χ1) is 17.0. The maximum atomic E-state index is 13.8. The molecule has 0 spiro atoms. The summed E-state index contributed by atoms with van der Waals surface area (Å²) >= 11 is 0. The number of fused-ring (bicyclic) bond motifs is 1. The van der Waals surface area contributed by atoms with E-state index in [1.54, 1.807) is 48.7 Å². The van der Waals surface area contributed by atoms with Crippen molar-refractivity contribution >= 4 is 33.9 Å². The van der Waals surface area contributed by atoms with Crippen LogP contribution in [0, 0.1) is 12.7 Å². The molecule has 1 aromatic heterocycles. The lowest BCUT2D eigenvalue weighted by Crippen LogP contribution is -2.12. The summed E-state index contributed by atoms with van der Waals surface area (Å²) in [6.45, 7) is 2.01. The van der Waals surface area contributed by atoms with Gasteiger partial charge in [-0.1, -0.05) is 18.2 Å². The summed E-state index contributed by atoms with van der Waals surface area (Å²) in [5.74, 6) is 0.861. The number of nitrogens with zero attached hydrogens (tertiary/aromatic N) is 1. The molecule has 0 unspecified atom stereocenters. The Bertz CT molecular complexity index is 1520. The van der Waals surface area contributed by atoms with E-state index in [4.69, 9.17) is 4.74 Å². The minimum absolute atomic E-state index is 0.244. The second-order valence-electron chi connectivity index (χ2n) is 8.12. The SMILES string of the molecule is Cc1cccc(Oc2ccc(NC(=O)c3cccc(Nc4ccnc5ccc(F)cc45)c3)cc2)c1. The summed E-state index contributed by atoms with van der Waals surface area (Å²) in [7, 11) is 0. The maximum Gasteiger partial charge on any atom is 0.255 e. The average molecular weight is 464 g/mol. The molecule has 1 heterocycles. The number of aromatic nitrogens is 1. The van der Waals surface area contributed by atoms with E-state index >= 15 is 0 Å². The Hall–Kier alpha value is -4.71. The number of pyridine rings is 1. The summed E-state index contributed by atoms with van der Waals surface area (Å²) in [6.07, 6.45) is 1.66. The number of anilines is 3. The zero-order chi connectivity index (χ0) is 24.2. The lowest BCUT2D eigenvalue weighted by molar-refractivity contribution is 0.102. The number of halogens is 1. The third-order valence-electron chi connectivity index (χ3n) is 5.44. The minimum Gasteiger partial charge on any atom is -0.457 e. The normalized spacial score (nSPS) is 10.7. The van der Waals surface area contributed by atoms with Gasteiger partial charge in [-0.15, -0.1) is 0 Å². The quantitative estimate of drug-likeness (QED) is 0.274. The van der Waals surface area contributed by atoms with Crippen LogP contribution in [0.3, 0.4) is 0 Å². The van der Waals surface area contributed by atoms with E-state index in [1.807, 2.05) is 49.4 Å². The van der Waals surface area contributed by atoms with Crippen molar-refractivity contribution in [2.45, 2.75) is 6.92 Å². The summed E-state index contributed by atoms with van der Waals surface area (Å²) in [6, 6.07) is 28.4. The Kier molecular flexibility index (Phi) is 6.09. The molecule has 4 aromatic carbocycles. The van der Waals surface area contributed by atoms with Gasteiger partial charge in [-0.3, -0.25) is 9.78 Å². The molecule has 0 bridgehead atoms. The molecule has 0 aliphatic heterocycles. The van der Waals surface area contributed by atoms with Gasteiger partial charge in [0.25, 0.3) is 5.91 Å².